The van der Waals surface area contributed by atoms with E-state index in [-0.39, 0.29) is 17.4 Å². The maximum absolute atomic E-state index is 12.6. The Balaban J connectivity index is 1.49. The Bertz CT molecular complexity index is 1080. The number of nitrogens with one attached hydrogen (secondary N) is 1. The van der Waals surface area contributed by atoms with Crippen LogP contribution in [0.5, 0.6) is 0 Å². The number of Topliss-reactive ketones (excluding diaryl/α,β-unsaturated/α-hetero) is 1. The molecular formula is C24H27N5O2S. The lowest BCUT2D eigenvalue weighted by molar-refractivity contribution is -0.113. The highest BCUT2D eigenvalue weighted by Gasteiger charge is 2.19. The molecule has 2 aromatic carbocycles. The number of hydrogen-bond acceptors (Lipinski definition) is 6. The van der Waals surface area contributed by atoms with Crippen molar-refractivity contribution in [2.75, 3.05) is 24.2 Å². The molecule has 1 fully saturated rings. The first kappa shape index (κ1) is 22.2. The van der Waals surface area contributed by atoms with Gasteiger partial charge in [0.15, 0.2) is 16.8 Å². The van der Waals surface area contributed by atoms with Crippen molar-refractivity contribution in [3.05, 3.63) is 66.0 Å². The normalized spacial score (nSPS) is 14.3. The summed E-state index contributed by atoms with van der Waals surface area (Å²) in [5.74, 6) is 0.771. The number of para-hydroxylation sites is 2. The van der Waals surface area contributed by atoms with Gasteiger partial charge in [-0.1, -0.05) is 48.5 Å². The number of carbonyl (C=O) groups is 2. The van der Waals surface area contributed by atoms with E-state index in [9.17, 15) is 9.59 Å². The van der Waals surface area contributed by atoms with Gasteiger partial charge in [-0.2, -0.15) is 0 Å². The zero-order valence-electron chi connectivity index (χ0n) is 18.2. The van der Waals surface area contributed by atoms with Crippen molar-refractivity contribution in [1.82, 2.24) is 19.7 Å². The lowest BCUT2D eigenvalue weighted by atomic mass is 10.1. The van der Waals surface area contributed by atoms with E-state index < -0.39 is 0 Å². The molecule has 1 aliphatic heterocycles. The van der Waals surface area contributed by atoms with Crippen LogP contribution < -0.4 is 5.32 Å². The first-order chi connectivity index (χ1) is 15.6. The number of piperidine rings is 1. The van der Waals surface area contributed by atoms with E-state index in [0.29, 0.717) is 16.4 Å². The van der Waals surface area contributed by atoms with Crippen LogP contribution in [0.3, 0.4) is 0 Å². The summed E-state index contributed by atoms with van der Waals surface area (Å²) in [5.41, 5.74) is 2.01. The van der Waals surface area contributed by atoms with Gasteiger partial charge in [-0.15, -0.1) is 10.2 Å². The monoisotopic (exact) mass is 449 g/mol. The lowest BCUT2D eigenvalue weighted by Gasteiger charge is -2.26. The van der Waals surface area contributed by atoms with E-state index in [0.717, 1.165) is 31.1 Å². The van der Waals surface area contributed by atoms with Crippen molar-refractivity contribution in [1.29, 1.82) is 0 Å². The van der Waals surface area contributed by atoms with Crippen molar-refractivity contribution in [2.45, 2.75) is 37.9 Å². The van der Waals surface area contributed by atoms with Gasteiger partial charge in [0.05, 0.1) is 18.0 Å². The molecule has 0 unspecified atom stereocenters. The molecule has 32 heavy (non-hydrogen) atoms. The van der Waals surface area contributed by atoms with Crippen LogP contribution in [0.15, 0.2) is 59.8 Å². The van der Waals surface area contributed by atoms with E-state index in [1.54, 1.807) is 24.3 Å². The van der Waals surface area contributed by atoms with Crippen molar-refractivity contribution in [3.63, 3.8) is 0 Å². The van der Waals surface area contributed by atoms with E-state index in [4.69, 9.17) is 0 Å². The molecule has 0 radical (unpaired) electrons. The lowest BCUT2D eigenvalue weighted by Crippen LogP contribution is -2.30. The van der Waals surface area contributed by atoms with Gasteiger partial charge in [-0.25, -0.2) is 0 Å². The Kier molecular flexibility index (Phi) is 7.34. The highest BCUT2D eigenvalue weighted by Crippen LogP contribution is 2.24. The summed E-state index contributed by atoms with van der Waals surface area (Å²) in [6.07, 6.45) is 3.71. The molecule has 0 saturated carbocycles. The van der Waals surface area contributed by atoms with Crippen molar-refractivity contribution < 1.29 is 9.59 Å². The summed E-state index contributed by atoms with van der Waals surface area (Å²) < 4.78 is 2.04. The van der Waals surface area contributed by atoms with Crippen LogP contribution in [-0.4, -0.2) is 50.2 Å². The van der Waals surface area contributed by atoms with E-state index in [1.807, 2.05) is 34.9 Å². The maximum Gasteiger partial charge on any atom is 0.234 e. The number of amides is 1. The standard InChI is InChI=1S/C24H27N5O2S/c1-18(30)20-12-6-7-13-21(20)25-23(31)17-32-24-27-26-22(16-28-14-8-3-9-15-28)29(24)19-10-4-2-5-11-19/h2,4-7,10-13H,3,8-9,14-17H2,1H3,(H,25,31). The molecular weight excluding hydrogens is 422 g/mol. The second-order valence-corrected chi connectivity index (χ2v) is 8.79. The summed E-state index contributed by atoms with van der Waals surface area (Å²) in [6, 6.07) is 17.0. The van der Waals surface area contributed by atoms with Gasteiger partial charge in [0.25, 0.3) is 0 Å². The minimum absolute atomic E-state index is 0.0836. The van der Waals surface area contributed by atoms with Gasteiger partial charge >= 0.3 is 0 Å². The maximum atomic E-state index is 12.6. The molecule has 1 saturated heterocycles. The summed E-state index contributed by atoms with van der Waals surface area (Å²) in [7, 11) is 0. The van der Waals surface area contributed by atoms with Crippen LogP contribution in [0.1, 0.15) is 42.4 Å². The average molecular weight is 450 g/mol. The average Bonchev–Trinajstić information content (AvgIpc) is 3.21. The third-order valence-corrected chi connectivity index (χ3v) is 6.37. The number of carbonyl (C=O) groups excluding carboxylic acids is 2. The number of thioether (sulfide) groups is 1. The number of nitrogens with zero attached hydrogens (tertiary/aromatic N) is 4. The molecule has 0 aliphatic carbocycles. The van der Waals surface area contributed by atoms with Gasteiger partial charge in [0.1, 0.15) is 0 Å². The van der Waals surface area contributed by atoms with Crippen LogP contribution in [0.25, 0.3) is 5.69 Å². The molecule has 1 aliphatic rings. The predicted octanol–water partition coefficient (Wildman–Crippen LogP) is 4.19. The molecule has 4 rings (SSSR count). The van der Waals surface area contributed by atoms with Gasteiger partial charge in [-0.05, 0) is 57.1 Å². The van der Waals surface area contributed by atoms with E-state index in [2.05, 4.69) is 20.4 Å². The zero-order valence-corrected chi connectivity index (χ0v) is 19.0. The van der Waals surface area contributed by atoms with Crippen molar-refractivity contribution in [2.24, 2.45) is 0 Å². The molecule has 0 atom stereocenters. The smallest absolute Gasteiger partial charge is 0.234 e. The van der Waals surface area contributed by atoms with Crippen LogP contribution in [0, 0.1) is 0 Å². The van der Waals surface area contributed by atoms with Gasteiger partial charge in [-0.3, -0.25) is 19.1 Å². The molecule has 3 aromatic rings. The number of hydrogen-bond donors (Lipinski definition) is 1. The quantitative estimate of drug-likeness (QED) is 0.410. The fraction of sp³-hybridized carbons (Fsp3) is 0.333. The van der Waals surface area contributed by atoms with E-state index >= 15 is 0 Å². The van der Waals surface area contributed by atoms with Crippen LogP contribution in [-0.2, 0) is 11.3 Å². The van der Waals surface area contributed by atoms with Crippen LogP contribution in [0.4, 0.5) is 5.69 Å². The number of ketones is 1. The SMILES string of the molecule is CC(=O)c1ccccc1NC(=O)CSc1nnc(CN2CCCCC2)n1-c1ccccc1. The predicted molar refractivity (Wildman–Crippen MR) is 126 cm³/mol. The summed E-state index contributed by atoms with van der Waals surface area (Å²) in [4.78, 5) is 26.8. The van der Waals surface area contributed by atoms with Crippen LogP contribution >= 0.6 is 11.8 Å². The van der Waals surface area contributed by atoms with Gasteiger partial charge in [0.2, 0.25) is 5.91 Å². The number of likely N-dealkylation sites (tertiary alicyclic amines) is 1. The third-order valence-electron chi connectivity index (χ3n) is 5.44. The molecule has 1 N–H and O–H groups in total. The molecule has 2 heterocycles. The Hall–Kier alpha value is -2.97. The minimum Gasteiger partial charge on any atom is -0.325 e. The fourth-order valence-electron chi connectivity index (χ4n) is 3.87. The molecule has 7 nitrogen and oxygen atoms in total. The van der Waals surface area contributed by atoms with E-state index in [1.165, 1.54) is 37.9 Å². The first-order valence-corrected chi connectivity index (χ1v) is 11.8. The van der Waals surface area contributed by atoms with Crippen LogP contribution in [0.2, 0.25) is 0 Å². The van der Waals surface area contributed by atoms with Gasteiger partial charge < -0.3 is 5.32 Å². The highest BCUT2D eigenvalue weighted by molar-refractivity contribution is 7.99. The largest absolute Gasteiger partial charge is 0.325 e. The Morgan fingerprint density at radius 3 is 2.44 bits per heavy atom. The minimum atomic E-state index is -0.191. The Morgan fingerprint density at radius 1 is 0.969 bits per heavy atom. The topological polar surface area (TPSA) is 80.1 Å². The highest BCUT2D eigenvalue weighted by atomic mass is 32.2. The molecule has 1 aromatic heterocycles. The van der Waals surface area contributed by atoms with Crippen molar-refractivity contribution >= 4 is 29.1 Å². The zero-order chi connectivity index (χ0) is 22.3. The molecule has 0 spiro atoms. The summed E-state index contributed by atoms with van der Waals surface area (Å²) in [6.45, 7) is 4.37. The summed E-state index contributed by atoms with van der Waals surface area (Å²) in [5, 5.41) is 12.4. The number of aromatic nitrogens is 3. The summed E-state index contributed by atoms with van der Waals surface area (Å²) >= 11 is 1.34. The van der Waals surface area contributed by atoms with Crippen molar-refractivity contribution in [3.8, 4) is 5.69 Å². The molecule has 8 heteroatoms. The first-order valence-electron chi connectivity index (χ1n) is 10.9. The Morgan fingerprint density at radius 2 is 1.69 bits per heavy atom. The second kappa shape index (κ2) is 10.6. The molecule has 0 bridgehead atoms. The number of rotatable bonds is 8. The van der Waals surface area contributed by atoms with Gasteiger partial charge in [0, 0.05) is 11.3 Å². The second-order valence-electron chi connectivity index (χ2n) is 7.85. The fourth-order valence-corrected chi connectivity index (χ4v) is 4.64. The number of anilines is 1. The Labute approximate surface area is 192 Å². The molecule has 1 amide bonds. The number of benzene rings is 2. The third kappa shape index (κ3) is 5.44. The molecule has 166 valence electrons.